The summed E-state index contributed by atoms with van der Waals surface area (Å²) in [6.07, 6.45) is -1.26. The zero-order valence-corrected chi connectivity index (χ0v) is 13.0. The molecule has 0 unspecified atom stereocenters. The molecule has 0 aliphatic carbocycles. The third-order valence-electron chi connectivity index (χ3n) is 3.64. The standard InChI is InChI=1S/C18H14F3N3O/c19-18(20,21)15-7-5-13(6-8-15)11-22-23-17(25)12-24-10-9-14-3-1-2-4-16(14)24/h1-11H,12H2,(H,23,25)/b22-11-. The van der Waals surface area contributed by atoms with Crippen molar-refractivity contribution in [1.82, 2.24) is 9.99 Å². The Labute approximate surface area is 141 Å². The smallest absolute Gasteiger partial charge is 0.338 e. The summed E-state index contributed by atoms with van der Waals surface area (Å²) in [4.78, 5) is 11.9. The van der Waals surface area contributed by atoms with Crippen molar-refractivity contribution in [3.8, 4) is 0 Å². The number of hydrogen-bond acceptors (Lipinski definition) is 2. The van der Waals surface area contributed by atoms with Gasteiger partial charge < -0.3 is 4.57 Å². The van der Waals surface area contributed by atoms with Crippen LogP contribution in [0.5, 0.6) is 0 Å². The van der Waals surface area contributed by atoms with Gasteiger partial charge in [-0.05, 0) is 35.2 Å². The van der Waals surface area contributed by atoms with Crippen LogP contribution in [0.15, 0.2) is 65.9 Å². The number of benzene rings is 2. The predicted octanol–water partition coefficient (Wildman–Crippen LogP) is 3.81. The Morgan fingerprint density at radius 2 is 1.80 bits per heavy atom. The Kier molecular flexibility index (Phi) is 4.56. The summed E-state index contributed by atoms with van der Waals surface area (Å²) in [5.41, 5.74) is 3.03. The molecule has 0 atom stereocenters. The first-order valence-electron chi connectivity index (χ1n) is 7.46. The minimum atomic E-state index is -4.37. The van der Waals surface area contributed by atoms with E-state index < -0.39 is 11.7 Å². The molecule has 1 aromatic heterocycles. The van der Waals surface area contributed by atoms with Crippen LogP contribution in [0.4, 0.5) is 13.2 Å². The van der Waals surface area contributed by atoms with E-state index in [0.717, 1.165) is 23.0 Å². The van der Waals surface area contributed by atoms with Gasteiger partial charge in [0.2, 0.25) is 0 Å². The summed E-state index contributed by atoms with van der Waals surface area (Å²) in [6.45, 7) is 0.0951. The lowest BCUT2D eigenvalue weighted by Gasteiger charge is -2.06. The summed E-state index contributed by atoms with van der Waals surface area (Å²) >= 11 is 0. The molecule has 0 bridgehead atoms. The van der Waals surface area contributed by atoms with Crippen molar-refractivity contribution >= 4 is 23.0 Å². The van der Waals surface area contributed by atoms with Crippen molar-refractivity contribution in [3.05, 3.63) is 71.9 Å². The summed E-state index contributed by atoms with van der Waals surface area (Å²) in [6, 6.07) is 14.1. The molecular formula is C18H14F3N3O. The van der Waals surface area contributed by atoms with Crippen molar-refractivity contribution in [3.63, 3.8) is 0 Å². The van der Waals surface area contributed by atoms with Crippen molar-refractivity contribution in [2.24, 2.45) is 5.10 Å². The minimum absolute atomic E-state index is 0.0951. The van der Waals surface area contributed by atoms with Crippen LogP contribution < -0.4 is 5.43 Å². The lowest BCUT2D eigenvalue weighted by molar-refractivity contribution is -0.137. The Hall–Kier alpha value is -3.09. The van der Waals surface area contributed by atoms with Gasteiger partial charge in [-0.2, -0.15) is 18.3 Å². The molecular weight excluding hydrogens is 331 g/mol. The van der Waals surface area contributed by atoms with Gasteiger partial charge in [0.15, 0.2) is 0 Å². The number of rotatable bonds is 4. The molecule has 3 rings (SSSR count). The second kappa shape index (κ2) is 6.80. The van der Waals surface area contributed by atoms with Crippen LogP contribution >= 0.6 is 0 Å². The molecule has 7 heteroatoms. The summed E-state index contributed by atoms with van der Waals surface area (Å²) < 4.78 is 39.2. The molecule has 0 radical (unpaired) electrons. The molecule has 1 heterocycles. The van der Waals surface area contributed by atoms with E-state index in [1.807, 2.05) is 36.5 Å². The first-order chi connectivity index (χ1) is 11.9. The van der Waals surface area contributed by atoms with Crippen molar-refractivity contribution in [1.29, 1.82) is 0 Å². The van der Waals surface area contributed by atoms with Crippen LogP contribution in [0.3, 0.4) is 0 Å². The number of carbonyl (C=O) groups is 1. The zero-order chi connectivity index (χ0) is 17.9. The fourth-order valence-electron chi connectivity index (χ4n) is 2.41. The van der Waals surface area contributed by atoms with Gasteiger partial charge in [-0.15, -0.1) is 0 Å². The summed E-state index contributed by atoms with van der Waals surface area (Å²) in [5, 5.41) is 4.81. The van der Waals surface area contributed by atoms with Gasteiger partial charge in [0.05, 0.1) is 11.8 Å². The van der Waals surface area contributed by atoms with Gasteiger partial charge in [0, 0.05) is 11.7 Å². The van der Waals surface area contributed by atoms with Gasteiger partial charge in [-0.3, -0.25) is 4.79 Å². The molecule has 1 amide bonds. The Morgan fingerprint density at radius 3 is 2.52 bits per heavy atom. The van der Waals surface area contributed by atoms with E-state index in [1.54, 1.807) is 4.57 Å². The fraction of sp³-hybridized carbons (Fsp3) is 0.111. The highest BCUT2D eigenvalue weighted by molar-refractivity contribution is 5.84. The van der Waals surface area contributed by atoms with E-state index in [9.17, 15) is 18.0 Å². The van der Waals surface area contributed by atoms with Gasteiger partial charge in [0.1, 0.15) is 6.54 Å². The average molecular weight is 345 g/mol. The highest BCUT2D eigenvalue weighted by Gasteiger charge is 2.29. The lowest BCUT2D eigenvalue weighted by atomic mass is 10.1. The largest absolute Gasteiger partial charge is 0.416 e. The Bertz CT molecular complexity index is 911. The molecule has 0 saturated heterocycles. The number of fused-ring (bicyclic) bond motifs is 1. The fourth-order valence-corrected chi connectivity index (χ4v) is 2.41. The molecule has 2 aromatic carbocycles. The number of hydrogen-bond donors (Lipinski definition) is 1. The zero-order valence-electron chi connectivity index (χ0n) is 13.0. The molecule has 0 fully saturated rings. The van der Waals surface area contributed by atoms with Gasteiger partial charge >= 0.3 is 6.18 Å². The van der Waals surface area contributed by atoms with E-state index in [0.29, 0.717) is 5.56 Å². The number of amides is 1. The Morgan fingerprint density at radius 1 is 1.08 bits per heavy atom. The molecule has 4 nitrogen and oxygen atoms in total. The minimum Gasteiger partial charge on any atom is -0.338 e. The number of nitrogens with one attached hydrogen (secondary N) is 1. The number of carbonyl (C=O) groups excluding carboxylic acids is 1. The van der Waals surface area contributed by atoms with Gasteiger partial charge in [-0.1, -0.05) is 30.3 Å². The van der Waals surface area contributed by atoms with E-state index in [-0.39, 0.29) is 12.5 Å². The monoisotopic (exact) mass is 345 g/mol. The average Bonchev–Trinajstić information content (AvgIpc) is 2.98. The number of para-hydroxylation sites is 1. The highest BCUT2D eigenvalue weighted by Crippen LogP contribution is 2.28. The second-order valence-electron chi connectivity index (χ2n) is 5.42. The first kappa shape index (κ1) is 16.8. The number of alkyl halides is 3. The molecule has 128 valence electrons. The van der Waals surface area contributed by atoms with Crippen LogP contribution in [0, 0.1) is 0 Å². The molecule has 25 heavy (non-hydrogen) atoms. The van der Waals surface area contributed by atoms with E-state index in [1.165, 1.54) is 18.3 Å². The van der Waals surface area contributed by atoms with Crippen molar-refractivity contribution in [2.75, 3.05) is 0 Å². The van der Waals surface area contributed by atoms with E-state index >= 15 is 0 Å². The van der Waals surface area contributed by atoms with Gasteiger partial charge in [-0.25, -0.2) is 5.43 Å². The predicted molar refractivity (Wildman–Crippen MR) is 89.1 cm³/mol. The van der Waals surface area contributed by atoms with Gasteiger partial charge in [0.25, 0.3) is 5.91 Å². The van der Waals surface area contributed by atoms with Crippen molar-refractivity contribution < 1.29 is 18.0 Å². The van der Waals surface area contributed by atoms with Crippen LogP contribution in [0.1, 0.15) is 11.1 Å². The third-order valence-corrected chi connectivity index (χ3v) is 3.64. The lowest BCUT2D eigenvalue weighted by Crippen LogP contribution is -2.22. The van der Waals surface area contributed by atoms with Crippen LogP contribution in [-0.2, 0) is 17.5 Å². The van der Waals surface area contributed by atoms with E-state index in [2.05, 4.69) is 10.5 Å². The second-order valence-corrected chi connectivity index (χ2v) is 5.42. The SMILES string of the molecule is O=C(Cn1ccc2ccccc21)N/N=C\c1ccc(C(F)(F)F)cc1. The molecule has 1 N–H and O–H groups in total. The maximum absolute atomic E-state index is 12.5. The number of aromatic nitrogens is 1. The molecule has 0 aliphatic heterocycles. The quantitative estimate of drug-likeness (QED) is 0.567. The first-order valence-corrected chi connectivity index (χ1v) is 7.46. The number of halogens is 3. The maximum atomic E-state index is 12.5. The number of nitrogens with zero attached hydrogens (tertiary/aromatic N) is 2. The normalized spacial score (nSPS) is 12.0. The number of hydrazone groups is 1. The molecule has 0 saturated carbocycles. The van der Waals surface area contributed by atoms with Crippen molar-refractivity contribution in [2.45, 2.75) is 12.7 Å². The van der Waals surface area contributed by atoms with Crippen LogP contribution in [0.2, 0.25) is 0 Å². The third kappa shape index (κ3) is 4.06. The summed E-state index contributed by atoms with van der Waals surface area (Å²) in [7, 11) is 0. The topological polar surface area (TPSA) is 46.4 Å². The van der Waals surface area contributed by atoms with Crippen LogP contribution in [0.25, 0.3) is 10.9 Å². The molecule has 0 spiro atoms. The maximum Gasteiger partial charge on any atom is 0.416 e. The summed E-state index contributed by atoms with van der Waals surface area (Å²) in [5.74, 6) is -0.329. The Balaban J connectivity index is 1.59. The molecule has 0 aliphatic rings. The van der Waals surface area contributed by atoms with Crippen LogP contribution in [-0.4, -0.2) is 16.7 Å². The molecule has 3 aromatic rings. The highest BCUT2D eigenvalue weighted by atomic mass is 19.4. The van der Waals surface area contributed by atoms with E-state index in [4.69, 9.17) is 0 Å².